The van der Waals surface area contributed by atoms with Gasteiger partial charge >= 0.3 is 12.0 Å². The van der Waals surface area contributed by atoms with Gasteiger partial charge in [0.15, 0.2) is 0 Å². The summed E-state index contributed by atoms with van der Waals surface area (Å²) in [5.41, 5.74) is 5.25. The van der Waals surface area contributed by atoms with Crippen molar-refractivity contribution in [1.82, 2.24) is 10.2 Å². The maximum absolute atomic E-state index is 11.2. The molecule has 0 aliphatic carbocycles. The van der Waals surface area contributed by atoms with Crippen molar-refractivity contribution in [3.05, 3.63) is 0 Å². The minimum absolute atomic E-state index is 0.117. The molecule has 2 atom stereocenters. The predicted molar refractivity (Wildman–Crippen MR) is 58.7 cm³/mol. The molecule has 16 heavy (non-hydrogen) atoms. The number of primary amides is 1. The van der Waals surface area contributed by atoms with Crippen LogP contribution in [0.15, 0.2) is 0 Å². The largest absolute Gasteiger partial charge is 0.469 e. The number of likely N-dealkylation sites (N-methyl/N-ethyl adjacent to an activating group) is 1. The maximum atomic E-state index is 11.2. The summed E-state index contributed by atoms with van der Waals surface area (Å²) in [5.74, 6) is -0.127. The number of ether oxygens (including phenoxy) is 1. The summed E-state index contributed by atoms with van der Waals surface area (Å²) in [4.78, 5) is 23.9. The van der Waals surface area contributed by atoms with Crippen LogP contribution in [0, 0.1) is 5.92 Å². The number of nitrogens with one attached hydrogen (secondary N) is 1. The first-order chi connectivity index (χ1) is 7.56. The van der Waals surface area contributed by atoms with Gasteiger partial charge in [-0.1, -0.05) is 0 Å². The van der Waals surface area contributed by atoms with Crippen molar-refractivity contribution in [3.63, 3.8) is 0 Å². The number of nitrogens with two attached hydrogens (primary N) is 1. The number of urea groups is 1. The molecule has 1 aliphatic heterocycles. The second-order valence-corrected chi connectivity index (χ2v) is 4.11. The summed E-state index contributed by atoms with van der Waals surface area (Å²) >= 11 is 0. The van der Waals surface area contributed by atoms with E-state index in [1.807, 2.05) is 7.05 Å². The van der Waals surface area contributed by atoms with Gasteiger partial charge in [0.05, 0.1) is 13.5 Å². The third kappa shape index (κ3) is 3.37. The van der Waals surface area contributed by atoms with Crippen LogP contribution in [-0.2, 0) is 9.53 Å². The predicted octanol–water partition coefficient (Wildman–Crippen LogP) is -0.462. The Labute approximate surface area is 95.1 Å². The Bertz CT molecular complexity index is 270. The van der Waals surface area contributed by atoms with Crippen LogP contribution in [0.3, 0.4) is 0 Å². The third-order valence-electron chi connectivity index (χ3n) is 2.94. The standard InChI is InChI=1S/C10H19N3O3/c1-12-8-3-7(4-9(14)16-2)5-13(6-8)10(11)15/h7-8,12H,3-6H2,1-2H3,(H2,11,15). The van der Waals surface area contributed by atoms with Crippen molar-refractivity contribution in [2.45, 2.75) is 18.9 Å². The Kier molecular flexibility index (Phi) is 4.54. The van der Waals surface area contributed by atoms with Crippen molar-refractivity contribution in [2.75, 3.05) is 27.2 Å². The molecular formula is C10H19N3O3. The van der Waals surface area contributed by atoms with E-state index in [-0.39, 0.29) is 17.9 Å². The molecule has 0 spiro atoms. The van der Waals surface area contributed by atoms with E-state index < -0.39 is 6.03 Å². The lowest BCUT2D eigenvalue weighted by molar-refractivity contribution is -0.142. The number of nitrogens with zero attached hydrogens (tertiary/aromatic N) is 1. The Morgan fingerprint density at radius 1 is 1.50 bits per heavy atom. The van der Waals surface area contributed by atoms with Crippen LogP contribution in [0.5, 0.6) is 0 Å². The zero-order chi connectivity index (χ0) is 12.1. The van der Waals surface area contributed by atoms with Gasteiger partial charge in [-0.3, -0.25) is 4.79 Å². The molecule has 2 unspecified atom stereocenters. The highest BCUT2D eigenvalue weighted by molar-refractivity contribution is 5.73. The van der Waals surface area contributed by atoms with Gasteiger partial charge in [-0.25, -0.2) is 4.79 Å². The first kappa shape index (κ1) is 12.8. The lowest BCUT2D eigenvalue weighted by Gasteiger charge is -2.36. The summed E-state index contributed by atoms with van der Waals surface area (Å²) in [6.07, 6.45) is 1.19. The molecule has 0 saturated carbocycles. The summed E-state index contributed by atoms with van der Waals surface area (Å²) in [5, 5.41) is 3.11. The molecule has 92 valence electrons. The molecule has 1 rings (SSSR count). The van der Waals surface area contributed by atoms with E-state index in [9.17, 15) is 9.59 Å². The smallest absolute Gasteiger partial charge is 0.314 e. The summed E-state index contributed by atoms with van der Waals surface area (Å²) < 4.78 is 4.62. The van der Waals surface area contributed by atoms with Crippen LogP contribution < -0.4 is 11.1 Å². The summed E-state index contributed by atoms with van der Waals surface area (Å²) in [7, 11) is 3.21. The SMILES string of the molecule is CNC1CC(CC(=O)OC)CN(C(N)=O)C1. The van der Waals surface area contributed by atoms with Gasteiger partial charge in [-0.2, -0.15) is 0 Å². The number of carbonyl (C=O) groups is 2. The van der Waals surface area contributed by atoms with E-state index in [0.29, 0.717) is 19.5 Å². The molecular weight excluding hydrogens is 210 g/mol. The van der Waals surface area contributed by atoms with Gasteiger partial charge in [-0.05, 0) is 19.4 Å². The highest BCUT2D eigenvalue weighted by Crippen LogP contribution is 2.20. The van der Waals surface area contributed by atoms with Gasteiger partial charge in [0.1, 0.15) is 0 Å². The van der Waals surface area contributed by atoms with Crippen molar-refractivity contribution >= 4 is 12.0 Å². The van der Waals surface area contributed by atoms with Crippen LogP contribution >= 0.6 is 0 Å². The molecule has 1 aliphatic rings. The average Bonchev–Trinajstić information content (AvgIpc) is 2.28. The van der Waals surface area contributed by atoms with E-state index in [2.05, 4.69) is 10.1 Å². The van der Waals surface area contributed by atoms with Crippen LogP contribution in [0.25, 0.3) is 0 Å². The number of hydrogen-bond acceptors (Lipinski definition) is 4. The Morgan fingerprint density at radius 3 is 2.69 bits per heavy atom. The first-order valence-electron chi connectivity index (χ1n) is 5.35. The fraction of sp³-hybridized carbons (Fsp3) is 0.800. The van der Waals surface area contributed by atoms with Crippen LogP contribution in [0.2, 0.25) is 0 Å². The number of piperidine rings is 1. The second-order valence-electron chi connectivity index (χ2n) is 4.11. The quantitative estimate of drug-likeness (QED) is 0.641. The van der Waals surface area contributed by atoms with Crippen molar-refractivity contribution in [2.24, 2.45) is 11.7 Å². The molecule has 0 aromatic rings. The van der Waals surface area contributed by atoms with Crippen LogP contribution in [0.4, 0.5) is 4.79 Å². The minimum Gasteiger partial charge on any atom is -0.469 e. The zero-order valence-electron chi connectivity index (χ0n) is 9.73. The molecule has 0 bridgehead atoms. The molecule has 3 N–H and O–H groups in total. The number of esters is 1. The van der Waals surface area contributed by atoms with E-state index >= 15 is 0 Å². The molecule has 1 saturated heterocycles. The fourth-order valence-corrected chi connectivity index (χ4v) is 2.06. The molecule has 0 radical (unpaired) electrons. The van der Waals surface area contributed by atoms with E-state index in [1.54, 1.807) is 4.90 Å². The van der Waals surface area contributed by atoms with Crippen molar-refractivity contribution in [1.29, 1.82) is 0 Å². The number of hydrogen-bond donors (Lipinski definition) is 2. The van der Waals surface area contributed by atoms with Crippen molar-refractivity contribution in [3.8, 4) is 0 Å². The van der Waals surface area contributed by atoms with E-state index in [4.69, 9.17) is 5.73 Å². The van der Waals surface area contributed by atoms with E-state index in [1.165, 1.54) is 7.11 Å². The molecule has 6 nitrogen and oxygen atoms in total. The lowest BCUT2D eigenvalue weighted by Crippen LogP contribution is -2.52. The average molecular weight is 229 g/mol. The third-order valence-corrected chi connectivity index (χ3v) is 2.94. The monoisotopic (exact) mass is 229 g/mol. The van der Waals surface area contributed by atoms with Gasteiger partial charge in [0, 0.05) is 19.1 Å². The maximum Gasteiger partial charge on any atom is 0.314 e. The first-order valence-corrected chi connectivity index (χ1v) is 5.35. The van der Waals surface area contributed by atoms with Crippen LogP contribution in [0.1, 0.15) is 12.8 Å². The number of amides is 2. The second kappa shape index (κ2) is 5.69. The number of carbonyl (C=O) groups excluding carboxylic acids is 2. The molecule has 0 aromatic heterocycles. The fourth-order valence-electron chi connectivity index (χ4n) is 2.06. The number of rotatable bonds is 3. The van der Waals surface area contributed by atoms with Gasteiger partial charge in [-0.15, -0.1) is 0 Å². The Hall–Kier alpha value is -1.30. The molecule has 6 heteroatoms. The zero-order valence-corrected chi connectivity index (χ0v) is 9.73. The summed E-state index contributed by atoms with van der Waals surface area (Å²) in [6.45, 7) is 1.13. The molecule has 1 fully saturated rings. The summed E-state index contributed by atoms with van der Waals surface area (Å²) in [6, 6.07) is -0.245. The Balaban J connectivity index is 2.57. The number of likely N-dealkylation sites (tertiary alicyclic amines) is 1. The van der Waals surface area contributed by atoms with Gasteiger partial charge < -0.3 is 20.7 Å². The highest BCUT2D eigenvalue weighted by atomic mass is 16.5. The van der Waals surface area contributed by atoms with E-state index in [0.717, 1.165) is 6.42 Å². The number of methoxy groups -OCH3 is 1. The van der Waals surface area contributed by atoms with Gasteiger partial charge in [0.25, 0.3) is 0 Å². The molecule has 2 amide bonds. The topological polar surface area (TPSA) is 84.7 Å². The highest BCUT2D eigenvalue weighted by Gasteiger charge is 2.29. The molecule has 1 heterocycles. The molecule has 0 aromatic carbocycles. The Morgan fingerprint density at radius 2 is 2.19 bits per heavy atom. The van der Waals surface area contributed by atoms with Gasteiger partial charge in [0.2, 0.25) is 0 Å². The normalized spacial score (nSPS) is 25.2. The lowest BCUT2D eigenvalue weighted by atomic mass is 9.92. The van der Waals surface area contributed by atoms with Crippen molar-refractivity contribution < 1.29 is 14.3 Å². The minimum atomic E-state index is -0.435. The van der Waals surface area contributed by atoms with Crippen LogP contribution in [-0.4, -0.2) is 50.2 Å².